The number of aryl methyl sites for hydroxylation is 1. The number of rotatable bonds is 2. The van der Waals surface area contributed by atoms with Gasteiger partial charge in [-0.3, -0.25) is 4.79 Å². The van der Waals surface area contributed by atoms with Gasteiger partial charge in [-0.05, 0) is 37.8 Å². The Labute approximate surface area is 115 Å². The van der Waals surface area contributed by atoms with Crippen LogP contribution in [-0.4, -0.2) is 34.5 Å². The maximum absolute atomic E-state index is 14.0. The number of nitrogens with zero attached hydrogens (tertiary/aromatic N) is 1. The zero-order chi connectivity index (χ0) is 14.9. The number of carboxylic acid groups (broad SMARTS) is 1. The third kappa shape index (κ3) is 2.50. The highest BCUT2D eigenvalue weighted by Gasteiger charge is 2.34. The van der Waals surface area contributed by atoms with Gasteiger partial charge in [0.1, 0.15) is 23.2 Å². The highest BCUT2D eigenvalue weighted by Crippen LogP contribution is 2.24. The molecule has 108 valence electrons. The summed E-state index contributed by atoms with van der Waals surface area (Å²) in [6.07, 6.45) is 1.61. The zero-order valence-electron chi connectivity index (χ0n) is 11.0. The lowest BCUT2D eigenvalue weighted by molar-refractivity contribution is -0.143. The summed E-state index contributed by atoms with van der Waals surface area (Å²) in [7, 11) is 0. The zero-order valence-corrected chi connectivity index (χ0v) is 11.0. The van der Waals surface area contributed by atoms with E-state index in [4.69, 9.17) is 5.11 Å². The van der Waals surface area contributed by atoms with Gasteiger partial charge in [0.25, 0.3) is 5.91 Å². The van der Waals surface area contributed by atoms with E-state index < -0.39 is 35.1 Å². The Morgan fingerprint density at radius 1 is 1.30 bits per heavy atom. The van der Waals surface area contributed by atoms with Crippen LogP contribution in [-0.2, 0) is 4.79 Å². The minimum Gasteiger partial charge on any atom is -0.480 e. The lowest BCUT2D eigenvalue weighted by Gasteiger charge is -2.33. The van der Waals surface area contributed by atoms with E-state index in [2.05, 4.69) is 0 Å². The molecule has 0 aliphatic carbocycles. The van der Waals surface area contributed by atoms with Gasteiger partial charge in [-0.2, -0.15) is 0 Å². The van der Waals surface area contributed by atoms with E-state index in [1.54, 1.807) is 0 Å². The van der Waals surface area contributed by atoms with Crippen LogP contribution in [0.5, 0.6) is 0 Å². The van der Waals surface area contributed by atoms with Crippen LogP contribution < -0.4 is 0 Å². The van der Waals surface area contributed by atoms with Crippen molar-refractivity contribution in [3.63, 3.8) is 0 Å². The van der Waals surface area contributed by atoms with Gasteiger partial charge < -0.3 is 10.0 Å². The molecule has 1 fully saturated rings. The summed E-state index contributed by atoms with van der Waals surface area (Å²) in [5.74, 6) is -3.93. The second-order valence-corrected chi connectivity index (χ2v) is 4.90. The van der Waals surface area contributed by atoms with Crippen molar-refractivity contribution in [3.05, 3.63) is 34.9 Å². The number of carbonyl (C=O) groups excluding carboxylic acids is 1. The molecule has 1 aromatic rings. The summed E-state index contributed by atoms with van der Waals surface area (Å²) in [5, 5.41) is 9.12. The van der Waals surface area contributed by atoms with Crippen molar-refractivity contribution < 1.29 is 23.5 Å². The molecule has 1 heterocycles. The molecule has 1 aliphatic rings. The van der Waals surface area contributed by atoms with Crippen molar-refractivity contribution in [2.75, 3.05) is 6.54 Å². The van der Waals surface area contributed by atoms with Crippen LogP contribution in [0, 0.1) is 18.6 Å². The Bertz CT molecular complexity index is 560. The van der Waals surface area contributed by atoms with Gasteiger partial charge in [0.15, 0.2) is 0 Å². The van der Waals surface area contributed by atoms with Gasteiger partial charge >= 0.3 is 5.97 Å². The Hall–Kier alpha value is -1.98. The van der Waals surface area contributed by atoms with E-state index in [1.807, 2.05) is 0 Å². The van der Waals surface area contributed by atoms with Crippen molar-refractivity contribution in [2.24, 2.45) is 0 Å². The molecule has 1 atom stereocenters. The molecular formula is C14H15F2NO3. The topological polar surface area (TPSA) is 57.6 Å². The maximum Gasteiger partial charge on any atom is 0.326 e. The highest BCUT2D eigenvalue weighted by atomic mass is 19.1. The Kier molecular flexibility index (Phi) is 4.01. The smallest absolute Gasteiger partial charge is 0.326 e. The molecule has 1 aromatic carbocycles. The van der Waals surface area contributed by atoms with Crippen LogP contribution in [0.3, 0.4) is 0 Å². The molecule has 6 heteroatoms. The average Bonchev–Trinajstić information content (AvgIpc) is 2.43. The minimum atomic E-state index is -1.15. The predicted octanol–water partition coefficient (Wildman–Crippen LogP) is 2.35. The van der Waals surface area contributed by atoms with Crippen molar-refractivity contribution in [3.8, 4) is 0 Å². The van der Waals surface area contributed by atoms with Gasteiger partial charge in [-0.25, -0.2) is 13.6 Å². The highest BCUT2D eigenvalue weighted by molar-refractivity contribution is 5.97. The number of piperidine rings is 1. The van der Waals surface area contributed by atoms with E-state index in [-0.39, 0.29) is 12.1 Å². The molecular weight excluding hydrogens is 268 g/mol. The molecule has 0 spiro atoms. The van der Waals surface area contributed by atoms with Crippen molar-refractivity contribution in [1.29, 1.82) is 0 Å². The molecule has 4 nitrogen and oxygen atoms in total. The molecule has 0 saturated carbocycles. The number of hydrogen-bond donors (Lipinski definition) is 1. The molecule has 2 rings (SSSR count). The lowest BCUT2D eigenvalue weighted by atomic mass is 10.00. The van der Waals surface area contributed by atoms with Crippen LogP contribution in [0.1, 0.15) is 35.2 Å². The number of likely N-dealkylation sites (tertiary alicyclic amines) is 1. The second-order valence-electron chi connectivity index (χ2n) is 4.90. The fraction of sp³-hybridized carbons (Fsp3) is 0.429. The number of halogens is 2. The maximum atomic E-state index is 14.0. The van der Waals surface area contributed by atoms with Crippen molar-refractivity contribution >= 4 is 11.9 Å². The van der Waals surface area contributed by atoms with Crippen LogP contribution >= 0.6 is 0 Å². The fourth-order valence-electron chi connectivity index (χ4n) is 2.43. The van der Waals surface area contributed by atoms with E-state index in [9.17, 15) is 18.4 Å². The third-order valence-corrected chi connectivity index (χ3v) is 3.55. The number of amides is 1. The normalized spacial score (nSPS) is 18.9. The molecule has 0 aromatic heterocycles. The summed E-state index contributed by atoms with van der Waals surface area (Å²) in [4.78, 5) is 24.5. The van der Waals surface area contributed by atoms with Crippen molar-refractivity contribution in [1.82, 2.24) is 4.90 Å². The first-order valence-corrected chi connectivity index (χ1v) is 6.42. The number of benzene rings is 1. The largest absolute Gasteiger partial charge is 0.480 e. The first kappa shape index (κ1) is 14.4. The second kappa shape index (κ2) is 5.56. The minimum absolute atomic E-state index is 0.152. The summed E-state index contributed by atoms with van der Waals surface area (Å²) in [5.41, 5.74) is -0.517. The van der Waals surface area contributed by atoms with E-state index >= 15 is 0 Å². The Balaban J connectivity index is 2.40. The monoisotopic (exact) mass is 283 g/mol. The lowest BCUT2D eigenvalue weighted by Crippen LogP contribution is -2.48. The molecule has 0 bridgehead atoms. The number of aliphatic carboxylic acids is 1. The van der Waals surface area contributed by atoms with Crippen LogP contribution in [0.15, 0.2) is 12.1 Å². The number of carbonyl (C=O) groups is 2. The molecule has 20 heavy (non-hydrogen) atoms. The molecule has 1 saturated heterocycles. The van der Waals surface area contributed by atoms with Gasteiger partial charge in [0, 0.05) is 6.54 Å². The van der Waals surface area contributed by atoms with Crippen LogP contribution in [0.2, 0.25) is 0 Å². The molecule has 1 amide bonds. The van der Waals surface area contributed by atoms with Gasteiger partial charge in [-0.15, -0.1) is 0 Å². The average molecular weight is 283 g/mol. The Morgan fingerprint density at radius 3 is 2.65 bits per heavy atom. The first-order valence-electron chi connectivity index (χ1n) is 6.42. The van der Waals surface area contributed by atoms with E-state index in [0.717, 1.165) is 11.0 Å². The predicted molar refractivity (Wildman–Crippen MR) is 67.4 cm³/mol. The quantitative estimate of drug-likeness (QED) is 0.906. The third-order valence-electron chi connectivity index (χ3n) is 3.55. The standard InChI is InChI=1S/C14H15F2NO3/c1-8-5-6-9(15)11(12(8)16)13(18)17-7-3-2-4-10(17)14(19)20/h5-6,10H,2-4,7H2,1H3,(H,19,20). The number of carboxylic acids is 1. The Morgan fingerprint density at radius 2 is 2.00 bits per heavy atom. The number of hydrogen-bond acceptors (Lipinski definition) is 2. The molecule has 1 aliphatic heterocycles. The first-order chi connectivity index (χ1) is 9.43. The van der Waals surface area contributed by atoms with E-state index in [1.165, 1.54) is 13.0 Å². The summed E-state index contributed by atoms with van der Waals surface area (Å²) >= 11 is 0. The fourth-order valence-corrected chi connectivity index (χ4v) is 2.43. The SMILES string of the molecule is Cc1ccc(F)c(C(=O)N2CCCCC2C(=O)O)c1F. The van der Waals surface area contributed by atoms with Crippen molar-refractivity contribution in [2.45, 2.75) is 32.2 Å². The molecule has 1 unspecified atom stereocenters. The summed E-state index contributed by atoms with van der Waals surface area (Å²) in [6.45, 7) is 1.62. The summed E-state index contributed by atoms with van der Waals surface area (Å²) in [6, 6.07) is 1.24. The summed E-state index contributed by atoms with van der Waals surface area (Å²) < 4.78 is 27.7. The van der Waals surface area contributed by atoms with Crippen LogP contribution in [0.25, 0.3) is 0 Å². The van der Waals surface area contributed by atoms with E-state index in [0.29, 0.717) is 19.3 Å². The molecule has 1 N–H and O–H groups in total. The van der Waals surface area contributed by atoms with Gasteiger partial charge in [0.05, 0.1) is 0 Å². The van der Waals surface area contributed by atoms with Crippen LogP contribution in [0.4, 0.5) is 8.78 Å². The van der Waals surface area contributed by atoms with Gasteiger partial charge in [-0.1, -0.05) is 6.07 Å². The molecule has 0 radical (unpaired) electrons. The van der Waals surface area contributed by atoms with Gasteiger partial charge in [0.2, 0.25) is 0 Å².